The molecule has 0 fully saturated rings. The molecular formula is C17H24N2O4. The lowest BCUT2D eigenvalue weighted by molar-refractivity contribution is -0.149. The number of carbonyl (C=O) groups is 3. The number of esters is 1. The summed E-state index contributed by atoms with van der Waals surface area (Å²) in [6.45, 7) is 7.07. The van der Waals surface area contributed by atoms with Gasteiger partial charge in [0.25, 0.3) is 5.91 Å². The fourth-order valence-corrected chi connectivity index (χ4v) is 2.12. The van der Waals surface area contributed by atoms with Gasteiger partial charge in [-0.25, -0.2) is 5.43 Å². The highest BCUT2D eigenvalue weighted by Crippen LogP contribution is 2.12. The molecule has 2 unspecified atom stereocenters. The van der Waals surface area contributed by atoms with Gasteiger partial charge in [-0.1, -0.05) is 39.0 Å². The average Bonchev–Trinajstić information content (AvgIpc) is 2.54. The van der Waals surface area contributed by atoms with Crippen LogP contribution in [0.5, 0.6) is 0 Å². The van der Waals surface area contributed by atoms with Crippen LogP contribution in [-0.4, -0.2) is 30.3 Å². The van der Waals surface area contributed by atoms with Crippen molar-refractivity contribution >= 4 is 17.7 Å². The summed E-state index contributed by atoms with van der Waals surface area (Å²) in [4.78, 5) is 36.3. The van der Waals surface area contributed by atoms with Crippen LogP contribution in [0.25, 0.3) is 0 Å². The van der Waals surface area contributed by atoms with Gasteiger partial charge in [-0.2, -0.15) is 0 Å². The molecule has 2 N–H and O–H groups in total. The van der Waals surface area contributed by atoms with E-state index < -0.39 is 17.9 Å². The molecule has 0 aliphatic carbocycles. The normalized spacial score (nSPS) is 13.3. The highest BCUT2D eigenvalue weighted by Gasteiger charge is 2.32. The van der Waals surface area contributed by atoms with Gasteiger partial charge < -0.3 is 4.74 Å². The third-order valence-corrected chi connectivity index (χ3v) is 3.44. The van der Waals surface area contributed by atoms with Gasteiger partial charge in [0.2, 0.25) is 0 Å². The molecule has 126 valence electrons. The van der Waals surface area contributed by atoms with Crippen LogP contribution < -0.4 is 10.9 Å². The van der Waals surface area contributed by atoms with Crippen molar-refractivity contribution in [3.05, 3.63) is 35.9 Å². The van der Waals surface area contributed by atoms with Crippen molar-refractivity contribution in [2.75, 3.05) is 6.61 Å². The van der Waals surface area contributed by atoms with E-state index in [1.54, 1.807) is 58.0 Å². The topological polar surface area (TPSA) is 84.5 Å². The monoisotopic (exact) mass is 320 g/mol. The SMILES string of the molecule is CCOC(=O)C(NNC(=O)c1ccccc1)C(C)C(=O)C(C)C. The highest BCUT2D eigenvalue weighted by molar-refractivity contribution is 5.94. The molecule has 0 aliphatic rings. The number of hydrogen-bond acceptors (Lipinski definition) is 5. The Bertz CT molecular complexity index is 543. The fourth-order valence-electron chi connectivity index (χ4n) is 2.12. The maximum atomic E-state index is 12.1. The fraction of sp³-hybridized carbons (Fsp3) is 0.471. The van der Waals surface area contributed by atoms with E-state index in [9.17, 15) is 14.4 Å². The number of ketones is 1. The second kappa shape index (κ2) is 9.05. The standard InChI is InChI=1S/C17H24N2O4/c1-5-23-17(22)14(12(4)15(20)11(2)3)18-19-16(21)13-9-7-6-8-10-13/h6-12,14,18H,5H2,1-4H3,(H,19,21). The molecule has 23 heavy (non-hydrogen) atoms. The second-order valence-electron chi connectivity index (χ2n) is 5.54. The zero-order valence-corrected chi connectivity index (χ0v) is 14.0. The Morgan fingerprint density at radius 2 is 1.70 bits per heavy atom. The lowest BCUT2D eigenvalue weighted by Crippen LogP contribution is -2.53. The van der Waals surface area contributed by atoms with E-state index in [0.29, 0.717) is 5.56 Å². The van der Waals surface area contributed by atoms with Gasteiger partial charge in [-0.3, -0.25) is 19.8 Å². The minimum Gasteiger partial charge on any atom is -0.465 e. The first kappa shape index (κ1) is 18.8. The van der Waals surface area contributed by atoms with Gasteiger partial charge >= 0.3 is 5.97 Å². The van der Waals surface area contributed by atoms with Crippen LogP contribution in [0.15, 0.2) is 30.3 Å². The Labute approximate surface area is 136 Å². The van der Waals surface area contributed by atoms with E-state index in [0.717, 1.165) is 0 Å². The summed E-state index contributed by atoms with van der Waals surface area (Å²) in [6.07, 6.45) is 0. The van der Waals surface area contributed by atoms with Gasteiger partial charge in [0.1, 0.15) is 11.8 Å². The first-order valence-electron chi connectivity index (χ1n) is 7.69. The van der Waals surface area contributed by atoms with Crippen LogP contribution >= 0.6 is 0 Å². The number of nitrogens with one attached hydrogen (secondary N) is 2. The summed E-state index contributed by atoms with van der Waals surface area (Å²) in [5.41, 5.74) is 5.56. The Kier molecular flexibility index (Phi) is 7.41. The Balaban J connectivity index is 2.79. The van der Waals surface area contributed by atoms with Crippen molar-refractivity contribution in [2.45, 2.75) is 33.7 Å². The number of hydrazine groups is 1. The van der Waals surface area contributed by atoms with Gasteiger partial charge in [0.05, 0.1) is 6.61 Å². The van der Waals surface area contributed by atoms with Crippen LogP contribution in [0.1, 0.15) is 38.1 Å². The number of carbonyl (C=O) groups excluding carboxylic acids is 3. The lowest BCUT2D eigenvalue weighted by atomic mass is 9.91. The molecule has 1 aromatic rings. The minimum absolute atomic E-state index is 0.0792. The molecule has 0 saturated carbocycles. The summed E-state index contributed by atoms with van der Waals surface area (Å²) in [5.74, 6) is -1.87. The van der Waals surface area contributed by atoms with Gasteiger partial charge in [-0.15, -0.1) is 0 Å². The highest BCUT2D eigenvalue weighted by atomic mass is 16.5. The van der Waals surface area contributed by atoms with Crippen molar-refractivity contribution in [1.82, 2.24) is 10.9 Å². The van der Waals surface area contributed by atoms with E-state index >= 15 is 0 Å². The molecular weight excluding hydrogens is 296 g/mol. The maximum absolute atomic E-state index is 12.1. The van der Waals surface area contributed by atoms with Crippen LogP contribution in [0, 0.1) is 11.8 Å². The zero-order valence-electron chi connectivity index (χ0n) is 14.0. The van der Waals surface area contributed by atoms with Gasteiger partial charge in [-0.05, 0) is 19.1 Å². The van der Waals surface area contributed by atoms with Gasteiger partial charge in [0, 0.05) is 17.4 Å². The molecule has 6 nitrogen and oxygen atoms in total. The molecule has 0 bridgehead atoms. The molecule has 2 atom stereocenters. The number of rotatable bonds is 8. The van der Waals surface area contributed by atoms with Crippen molar-refractivity contribution in [1.29, 1.82) is 0 Å². The number of ether oxygens (including phenoxy) is 1. The minimum atomic E-state index is -0.933. The predicted octanol–water partition coefficient (Wildman–Crippen LogP) is 1.71. The van der Waals surface area contributed by atoms with Gasteiger partial charge in [0.15, 0.2) is 0 Å². The Morgan fingerprint density at radius 1 is 1.09 bits per heavy atom. The summed E-state index contributed by atoms with van der Waals surface area (Å²) in [5, 5.41) is 0. The quantitative estimate of drug-likeness (QED) is 0.563. The third-order valence-electron chi connectivity index (χ3n) is 3.44. The number of hydrogen-bond donors (Lipinski definition) is 2. The predicted molar refractivity (Wildman–Crippen MR) is 86.5 cm³/mol. The summed E-state index contributed by atoms with van der Waals surface area (Å²) in [7, 11) is 0. The summed E-state index contributed by atoms with van der Waals surface area (Å²) >= 11 is 0. The Hall–Kier alpha value is -2.21. The van der Waals surface area contributed by atoms with Crippen molar-refractivity contribution in [3.63, 3.8) is 0 Å². The van der Waals surface area contributed by atoms with Crippen molar-refractivity contribution in [3.8, 4) is 0 Å². The van der Waals surface area contributed by atoms with E-state index in [2.05, 4.69) is 10.9 Å². The lowest BCUT2D eigenvalue weighted by Gasteiger charge is -2.24. The number of amides is 1. The largest absolute Gasteiger partial charge is 0.465 e. The molecule has 1 amide bonds. The molecule has 6 heteroatoms. The van der Waals surface area contributed by atoms with Crippen LogP contribution in [0.2, 0.25) is 0 Å². The van der Waals surface area contributed by atoms with Crippen LogP contribution in [0.3, 0.4) is 0 Å². The number of benzene rings is 1. The first-order valence-corrected chi connectivity index (χ1v) is 7.69. The molecule has 0 radical (unpaired) electrons. The van der Waals surface area contributed by atoms with E-state index in [4.69, 9.17) is 4.74 Å². The van der Waals surface area contributed by atoms with E-state index in [1.165, 1.54) is 0 Å². The molecule has 0 spiro atoms. The molecule has 0 heterocycles. The zero-order chi connectivity index (χ0) is 17.4. The smallest absolute Gasteiger partial charge is 0.325 e. The maximum Gasteiger partial charge on any atom is 0.325 e. The molecule has 1 rings (SSSR count). The molecule has 0 aromatic heterocycles. The van der Waals surface area contributed by atoms with Crippen molar-refractivity contribution in [2.24, 2.45) is 11.8 Å². The number of Topliss-reactive ketones (excluding diaryl/α,β-unsaturated/α-hetero) is 1. The molecule has 0 aliphatic heterocycles. The van der Waals surface area contributed by atoms with Crippen LogP contribution in [-0.2, 0) is 14.3 Å². The Morgan fingerprint density at radius 3 is 2.22 bits per heavy atom. The van der Waals surface area contributed by atoms with Crippen LogP contribution in [0.4, 0.5) is 0 Å². The average molecular weight is 320 g/mol. The van der Waals surface area contributed by atoms with E-state index in [-0.39, 0.29) is 24.2 Å². The summed E-state index contributed by atoms with van der Waals surface area (Å²) < 4.78 is 4.99. The summed E-state index contributed by atoms with van der Waals surface area (Å²) in [6, 6.07) is 7.65. The van der Waals surface area contributed by atoms with E-state index in [1.807, 2.05) is 0 Å². The first-order chi connectivity index (χ1) is 10.9. The second-order valence-corrected chi connectivity index (χ2v) is 5.54. The van der Waals surface area contributed by atoms with Crippen molar-refractivity contribution < 1.29 is 19.1 Å². The third kappa shape index (κ3) is 5.49. The molecule has 1 aromatic carbocycles. The molecule has 0 saturated heterocycles.